The molecule has 1 saturated carbocycles. The minimum absolute atomic E-state index is 0.198. The van der Waals surface area contributed by atoms with E-state index in [0.29, 0.717) is 32.5 Å². The quantitative estimate of drug-likeness (QED) is 0.668. The van der Waals surface area contributed by atoms with E-state index in [1.165, 1.54) is 10.6 Å². The van der Waals surface area contributed by atoms with Gasteiger partial charge in [-0.25, -0.2) is 12.7 Å². The highest BCUT2D eigenvalue weighted by molar-refractivity contribution is 7.88. The van der Waals surface area contributed by atoms with E-state index in [0.717, 1.165) is 30.6 Å². The molecule has 1 aliphatic carbocycles. The van der Waals surface area contributed by atoms with Crippen LogP contribution in [0.15, 0.2) is 0 Å². The summed E-state index contributed by atoms with van der Waals surface area (Å²) in [6, 6.07) is 0. The zero-order valence-electron chi connectivity index (χ0n) is 15.1. The number of hydrogen-bond acceptors (Lipinski definition) is 5. The van der Waals surface area contributed by atoms with Gasteiger partial charge >= 0.3 is 0 Å². The first-order chi connectivity index (χ1) is 12.3. The van der Waals surface area contributed by atoms with Crippen LogP contribution in [0, 0.1) is 17.8 Å². The highest BCUT2D eigenvalue weighted by Crippen LogP contribution is 2.37. The summed E-state index contributed by atoms with van der Waals surface area (Å²) in [6.07, 6.45) is 6.01. The van der Waals surface area contributed by atoms with Crippen molar-refractivity contribution < 1.29 is 22.8 Å². The molecule has 9 heteroatoms. The number of carbonyl (C=O) groups excluding carboxylic acids is 3. The average Bonchev–Trinajstić information content (AvgIpc) is 2.85. The van der Waals surface area contributed by atoms with Crippen molar-refractivity contribution in [3.63, 3.8) is 0 Å². The Morgan fingerprint density at radius 1 is 1.04 bits per heavy atom. The summed E-state index contributed by atoms with van der Waals surface area (Å²) in [5, 5.41) is 2.80. The maximum absolute atomic E-state index is 12.4. The molecule has 3 fully saturated rings. The summed E-state index contributed by atoms with van der Waals surface area (Å²) >= 11 is 0. The zero-order chi connectivity index (χ0) is 18.9. The standard InChI is InChI=1S/C17H27N3O5S/c1-26(24,25)19-8-6-12(7-9-19)10-18-15(21)11-20-16(22)13-4-2-3-5-14(13)17(20)23/h12-14H,2-11H2,1H3,(H,18,21). The van der Waals surface area contributed by atoms with Gasteiger partial charge in [0.05, 0.1) is 18.1 Å². The number of nitrogens with one attached hydrogen (secondary N) is 1. The fourth-order valence-electron chi connectivity index (χ4n) is 4.29. The lowest BCUT2D eigenvalue weighted by Gasteiger charge is -2.30. The number of likely N-dealkylation sites (tertiary alicyclic amines) is 1. The average molecular weight is 385 g/mol. The molecule has 0 radical (unpaired) electrons. The lowest BCUT2D eigenvalue weighted by molar-refractivity contribution is -0.143. The Labute approximate surface area is 154 Å². The number of carbonyl (C=O) groups is 3. The molecule has 2 heterocycles. The smallest absolute Gasteiger partial charge is 0.240 e. The summed E-state index contributed by atoms with van der Waals surface area (Å²) in [7, 11) is -3.15. The molecule has 2 aliphatic heterocycles. The van der Waals surface area contributed by atoms with Crippen LogP contribution < -0.4 is 5.32 Å². The van der Waals surface area contributed by atoms with Gasteiger partial charge < -0.3 is 5.32 Å². The van der Waals surface area contributed by atoms with Crippen LogP contribution in [-0.2, 0) is 24.4 Å². The van der Waals surface area contributed by atoms with Gasteiger partial charge in [0.25, 0.3) is 0 Å². The predicted octanol–water partition coefficient (Wildman–Crippen LogP) is -0.0506. The minimum Gasteiger partial charge on any atom is -0.354 e. The molecule has 0 spiro atoms. The molecule has 3 rings (SSSR count). The number of hydrogen-bond donors (Lipinski definition) is 1. The molecule has 26 heavy (non-hydrogen) atoms. The van der Waals surface area contributed by atoms with E-state index < -0.39 is 10.0 Å². The Kier molecular flexibility index (Phi) is 5.67. The molecular weight excluding hydrogens is 358 g/mol. The fourth-order valence-corrected chi connectivity index (χ4v) is 5.16. The maximum Gasteiger partial charge on any atom is 0.240 e. The van der Waals surface area contributed by atoms with E-state index in [-0.39, 0.29) is 42.0 Å². The second-order valence-corrected chi connectivity index (χ2v) is 9.65. The van der Waals surface area contributed by atoms with Crippen molar-refractivity contribution in [3.8, 4) is 0 Å². The van der Waals surface area contributed by atoms with Crippen LogP contribution >= 0.6 is 0 Å². The van der Waals surface area contributed by atoms with Gasteiger partial charge in [-0.15, -0.1) is 0 Å². The van der Waals surface area contributed by atoms with Crippen molar-refractivity contribution in [1.82, 2.24) is 14.5 Å². The van der Waals surface area contributed by atoms with E-state index in [1.807, 2.05) is 0 Å². The van der Waals surface area contributed by atoms with Gasteiger partial charge in [-0.2, -0.15) is 0 Å². The lowest BCUT2D eigenvalue weighted by atomic mass is 9.81. The topological polar surface area (TPSA) is 104 Å². The predicted molar refractivity (Wildman–Crippen MR) is 94.3 cm³/mol. The van der Waals surface area contributed by atoms with Gasteiger partial charge in [-0.1, -0.05) is 12.8 Å². The van der Waals surface area contributed by atoms with Crippen LogP contribution in [-0.4, -0.2) is 67.8 Å². The highest BCUT2D eigenvalue weighted by atomic mass is 32.2. The Morgan fingerprint density at radius 3 is 2.08 bits per heavy atom. The molecule has 0 aromatic carbocycles. The minimum atomic E-state index is -3.15. The number of rotatable bonds is 5. The van der Waals surface area contributed by atoms with Gasteiger partial charge in [-0.05, 0) is 31.6 Å². The molecular formula is C17H27N3O5S. The van der Waals surface area contributed by atoms with Crippen molar-refractivity contribution in [2.24, 2.45) is 17.8 Å². The summed E-state index contributed by atoms with van der Waals surface area (Å²) in [6.45, 7) is 1.17. The molecule has 2 atom stereocenters. The largest absolute Gasteiger partial charge is 0.354 e. The van der Waals surface area contributed by atoms with Gasteiger partial charge in [0.2, 0.25) is 27.7 Å². The van der Waals surface area contributed by atoms with Crippen LogP contribution in [0.2, 0.25) is 0 Å². The van der Waals surface area contributed by atoms with Crippen molar-refractivity contribution in [2.75, 3.05) is 32.4 Å². The van der Waals surface area contributed by atoms with Crippen molar-refractivity contribution in [3.05, 3.63) is 0 Å². The summed E-state index contributed by atoms with van der Waals surface area (Å²) in [5.41, 5.74) is 0. The third-order valence-corrected chi connectivity index (χ3v) is 7.17. The summed E-state index contributed by atoms with van der Waals surface area (Å²) < 4.78 is 24.5. The highest BCUT2D eigenvalue weighted by Gasteiger charge is 2.48. The second kappa shape index (κ2) is 7.64. The molecule has 3 amide bonds. The first-order valence-electron chi connectivity index (χ1n) is 9.34. The van der Waals surface area contributed by atoms with Crippen LogP contribution in [0.5, 0.6) is 0 Å². The second-order valence-electron chi connectivity index (χ2n) is 7.67. The molecule has 2 unspecified atom stereocenters. The van der Waals surface area contributed by atoms with E-state index >= 15 is 0 Å². The molecule has 3 aliphatic rings. The third kappa shape index (κ3) is 4.09. The number of imide groups is 1. The number of fused-ring (bicyclic) bond motifs is 1. The number of amides is 3. The molecule has 146 valence electrons. The molecule has 0 bridgehead atoms. The zero-order valence-corrected chi connectivity index (χ0v) is 16.0. The first kappa shape index (κ1) is 19.3. The lowest BCUT2D eigenvalue weighted by Crippen LogP contribution is -2.44. The summed E-state index contributed by atoms with van der Waals surface area (Å²) in [5.74, 6) is -0.971. The first-order valence-corrected chi connectivity index (χ1v) is 11.2. The van der Waals surface area contributed by atoms with E-state index in [2.05, 4.69) is 5.32 Å². The normalized spacial score (nSPS) is 28.3. The molecule has 0 aromatic rings. The van der Waals surface area contributed by atoms with Gasteiger partial charge in [0, 0.05) is 19.6 Å². The van der Waals surface area contributed by atoms with Crippen molar-refractivity contribution >= 4 is 27.7 Å². The van der Waals surface area contributed by atoms with Crippen LogP contribution in [0.1, 0.15) is 38.5 Å². The molecule has 0 aromatic heterocycles. The molecule has 1 N–H and O–H groups in total. The van der Waals surface area contributed by atoms with E-state index in [1.54, 1.807) is 0 Å². The Hall–Kier alpha value is -1.48. The molecule has 8 nitrogen and oxygen atoms in total. The van der Waals surface area contributed by atoms with Crippen LogP contribution in [0.3, 0.4) is 0 Å². The number of piperidine rings is 1. The SMILES string of the molecule is CS(=O)(=O)N1CCC(CNC(=O)CN2C(=O)C3CCCCC3C2=O)CC1. The van der Waals surface area contributed by atoms with E-state index in [9.17, 15) is 22.8 Å². The fraction of sp³-hybridized carbons (Fsp3) is 0.824. The number of sulfonamides is 1. The van der Waals surface area contributed by atoms with Gasteiger partial charge in [0.15, 0.2) is 0 Å². The Morgan fingerprint density at radius 2 is 1.58 bits per heavy atom. The van der Waals surface area contributed by atoms with Crippen LogP contribution in [0.4, 0.5) is 0 Å². The maximum atomic E-state index is 12.4. The molecule has 2 saturated heterocycles. The van der Waals surface area contributed by atoms with Crippen molar-refractivity contribution in [1.29, 1.82) is 0 Å². The number of nitrogens with zero attached hydrogens (tertiary/aromatic N) is 2. The van der Waals surface area contributed by atoms with Gasteiger partial charge in [-0.3, -0.25) is 19.3 Å². The van der Waals surface area contributed by atoms with E-state index in [4.69, 9.17) is 0 Å². The monoisotopic (exact) mass is 385 g/mol. The van der Waals surface area contributed by atoms with Gasteiger partial charge in [0.1, 0.15) is 6.54 Å². The van der Waals surface area contributed by atoms with Crippen molar-refractivity contribution in [2.45, 2.75) is 38.5 Å². The summed E-state index contributed by atoms with van der Waals surface area (Å²) in [4.78, 5) is 38.1. The van der Waals surface area contributed by atoms with Crippen LogP contribution in [0.25, 0.3) is 0 Å². The Balaban J connectivity index is 1.45. The third-order valence-electron chi connectivity index (χ3n) is 5.86. The Bertz CT molecular complexity index is 661.